The van der Waals surface area contributed by atoms with Gasteiger partial charge in [-0.3, -0.25) is 9.89 Å². The highest BCUT2D eigenvalue weighted by molar-refractivity contribution is 5.97. The Hall–Kier alpha value is -2.30. The van der Waals surface area contributed by atoms with Crippen LogP contribution in [0.15, 0.2) is 30.1 Å². The molecule has 0 bridgehead atoms. The first kappa shape index (κ1) is 11.2. The summed E-state index contributed by atoms with van der Waals surface area (Å²) in [4.78, 5) is 13.0. The summed E-state index contributed by atoms with van der Waals surface area (Å²) in [6, 6.07) is 5.71. The van der Waals surface area contributed by atoms with E-state index in [0.717, 1.165) is 16.5 Å². The Morgan fingerprint density at radius 1 is 1.47 bits per heavy atom. The number of aromatic nitrogens is 2. The molecule has 0 radical (unpaired) electrons. The molecule has 3 N–H and O–H groups in total. The Balaban J connectivity index is 2.34. The molecule has 17 heavy (non-hydrogen) atoms. The average Bonchev–Trinajstić information content (AvgIpc) is 2.74. The lowest BCUT2D eigenvalue weighted by Crippen LogP contribution is -2.27. The van der Waals surface area contributed by atoms with Crippen molar-refractivity contribution in [3.8, 4) is 0 Å². The minimum Gasteiger partial charge on any atom is -0.394 e. The first-order valence-corrected chi connectivity index (χ1v) is 5.20. The molecule has 0 aliphatic rings. The van der Waals surface area contributed by atoms with Crippen molar-refractivity contribution in [2.45, 2.75) is 0 Å². The molecular formula is C12H14N4O. The number of H-pyrrole nitrogens is 1. The van der Waals surface area contributed by atoms with Gasteiger partial charge in [-0.25, -0.2) is 0 Å². The quantitative estimate of drug-likeness (QED) is 0.754. The third-order valence-corrected chi connectivity index (χ3v) is 2.44. The molecule has 0 spiro atoms. The highest BCUT2D eigenvalue weighted by atomic mass is 16.2. The van der Waals surface area contributed by atoms with Crippen molar-refractivity contribution in [1.82, 2.24) is 15.1 Å². The van der Waals surface area contributed by atoms with E-state index in [-0.39, 0.29) is 11.6 Å². The Bertz CT molecular complexity index is 583. The van der Waals surface area contributed by atoms with Gasteiger partial charge in [0.1, 0.15) is 0 Å². The van der Waals surface area contributed by atoms with Crippen molar-refractivity contribution >= 4 is 22.9 Å². The lowest BCUT2D eigenvalue weighted by Gasteiger charge is -2.09. The number of hydrogen-bond acceptors (Lipinski definition) is 3. The number of fused-ring (bicyclic) bond motifs is 1. The van der Waals surface area contributed by atoms with Crippen LogP contribution in [0, 0.1) is 0 Å². The summed E-state index contributed by atoms with van der Waals surface area (Å²) in [7, 11) is 3.34. The van der Waals surface area contributed by atoms with Crippen molar-refractivity contribution in [3.63, 3.8) is 0 Å². The standard InChI is InChI=1S/C12H14N4O/c1-16(2)12(17)10(13)6-8-3-4-11-9(5-8)7-14-15-11/h3-7H,13H2,1-2H3,(H,14,15)/b10-6-. The molecule has 1 amide bonds. The van der Waals surface area contributed by atoms with Crippen LogP contribution in [-0.2, 0) is 4.79 Å². The molecule has 5 heteroatoms. The predicted molar refractivity (Wildman–Crippen MR) is 67.0 cm³/mol. The summed E-state index contributed by atoms with van der Waals surface area (Å²) in [5, 5.41) is 7.79. The summed E-state index contributed by atoms with van der Waals surface area (Å²) < 4.78 is 0. The number of nitrogens with one attached hydrogen (secondary N) is 1. The maximum absolute atomic E-state index is 11.6. The van der Waals surface area contributed by atoms with Crippen molar-refractivity contribution < 1.29 is 4.79 Å². The molecule has 2 aromatic rings. The van der Waals surface area contributed by atoms with Crippen LogP contribution in [0.2, 0.25) is 0 Å². The fourth-order valence-electron chi connectivity index (χ4n) is 1.55. The van der Waals surface area contributed by atoms with Crippen LogP contribution in [0.25, 0.3) is 17.0 Å². The molecule has 2 rings (SSSR count). The van der Waals surface area contributed by atoms with Gasteiger partial charge in [-0.2, -0.15) is 5.10 Å². The number of hydrogen-bond donors (Lipinski definition) is 2. The number of aromatic amines is 1. The fourth-order valence-corrected chi connectivity index (χ4v) is 1.55. The highest BCUT2D eigenvalue weighted by Gasteiger charge is 2.07. The van der Waals surface area contributed by atoms with Crippen molar-refractivity contribution in [1.29, 1.82) is 0 Å². The van der Waals surface area contributed by atoms with Gasteiger partial charge >= 0.3 is 0 Å². The van der Waals surface area contributed by atoms with Crippen LogP contribution in [0.4, 0.5) is 0 Å². The zero-order valence-electron chi connectivity index (χ0n) is 9.77. The normalized spacial score (nSPS) is 11.8. The lowest BCUT2D eigenvalue weighted by atomic mass is 10.1. The van der Waals surface area contributed by atoms with Gasteiger partial charge in [0.15, 0.2) is 0 Å². The Labute approximate surface area is 98.9 Å². The molecule has 0 saturated heterocycles. The second kappa shape index (κ2) is 4.29. The largest absolute Gasteiger partial charge is 0.394 e. The van der Waals surface area contributed by atoms with Gasteiger partial charge in [0, 0.05) is 19.5 Å². The number of likely N-dealkylation sites (N-methyl/N-ethyl adjacent to an activating group) is 1. The summed E-state index contributed by atoms with van der Waals surface area (Å²) in [6.07, 6.45) is 3.39. The van der Waals surface area contributed by atoms with Gasteiger partial charge in [-0.1, -0.05) is 6.07 Å². The van der Waals surface area contributed by atoms with Crippen LogP contribution in [0.1, 0.15) is 5.56 Å². The first-order valence-electron chi connectivity index (χ1n) is 5.20. The number of nitrogens with zero attached hydrogens (tertiary/aromatic N) is 2. The smallest absolute Gasteiger partial charge is 0.269 e. The van der Waals surface area contributed by atoms with Gasteiger partial charge in [0.05, 0.1) is 17.4 Å². The second-order valence-corrected chi connectivity index (χ2v) is 4.02. The molecule has 0 unspecified atom stereocenters. The molecule has 0 aliphatic heterocycles. The molecule has 1 heterocycles. The number of nitrogens with two attached hydrogens (primary N) is 1. The minimum absolute atomic E-state index is 0.197. The topological polar surface area (TPSA) is 75.0 Å². The van der Waals surface area contributed by atoms with Crippen LogP contribution in [0.3, 0.4) is 0 Å². The molecule has 0 saturated carbocycles. The molecule has 0 fully saturated rings. The Morgan fingerprint density at radius 2 is 2.24 bits per heavy atom. The molecular weight excluding hydrogens is 216 g/mol. The highest BCUT2D eigenvalue weighted by Crippen LogP contribution is 2.14. The van der Waals surface area contributed by atoms with E-state index < -0.39 is 0 Å². The third-order valence-electron chi connectivity index (χ3n) is 2.44. The maximum Gasteiger partial charge on any atom is 0.269 e. The van der Waals surface area contributed by atoms with Crippen LogP contribution < -0.4 is 5.73 Å². The number of rotatable bonds is 2. The zero-order chi connectivity index (χ0) is 12.4. The van der Waals surface area contributed by atoms with Gasteiger partial charge in [-0.05, 0) is 23.8 Å². The average molecular weight is 230 g/mol. The number of amides is 1. The number of carbonyl (C=O) groups excluding carboxylic acids is 1. The van der Waals surface area contributed by atoms with Crippen LogP contribution >= 0.6 is 0 Å². The van der Waals surface area contributed by atoms with Crippen molar-refractivity contribution in [2.75, 3.05) is 14.1 Å². The minimum atomic E-state index is -0.197. The summed E-state index contributed by atoms with van der Waals surface area (Å²) in [5.41, 5.74) is 7.78. The van der Waals surface area contributed by atoms with Gasteiger partial charge < -0.3 is 10.6 Å². The molecule has 0 aliphatic carbocycles. The van der Waals surface area contributed by atoms with E-state index in [9.17, 15) is 4.79 Å². The van der Waals surface area contributed by atoms with Crippen LogP contribution in [0.5, 0.6) is 0 Å². The SMILES string of the molecule is CN(C)C(=O)/C(N)=C/c1ccc2[nH]ncc2c1. The maximum atomic E-state index is 11.6. The zero-order valence-corrected chi connectivity index (χ0v) is 9.77. The fraction of sp³-hybridized carbons (Fsp3) is 0.167. The summed E-state index contributed by atoms with van der Waals surface area (Å²) in [5.74, 6) is -0.197. The monoisotopic (exact) mass is 230 g/mol. The number of benzene rings is 1. The van der Waals surface area contributed by atoms with Crippen molar-refractivity contribution in [2.24, 2.45) is 5.73 Å². The van der Waals surface area contributed by atoms with Crippen molar-refractivity contribution in [3.05, 3.63) is 35.7 Å². The predicted octanol–water partition coefficient (Wildman–Crippen LogP) is 0.951. The summed E-state index contributed by atoms with van der Waals surface area (Å²) in [6.45, 7) is 0. The second-order valence-electron chi connectivity index (χ2n) is 4.02. The third kappa shape index (κ3) is 2.28. The van der Waals surface area contributed by atoms with Crippen LogP contribution in [-0.4, -0.2) is 35.1 Å². The Kier molecular flexibility index (Phi) is 2.82. The van der Waals surface area contributed by atoms with E-state index in [1.165, 1.54) is 4.90 Å². The van der Waals surface area contributed by atoms with Gasteiger partial charge in [0.25, 0.3) is 5.91 Å². The molecule has 1 aromatic carbocycles. The van der Waals surface area contributed by atoms with E-state index in [1.807, 2.05) is 18.2 Å². The lowest BCUT2D eigenvalue weighted by molar-refractivity contribution is -0.124. The van der Waals surface area contributed by atoms with Gasteiger partial charge in [0.2, 0.25) is 0 Å². The summed E-state index contributed by atoms with van der Waals surface area (Å²) >= 11 is 0. The molecule has 1 aromatic heterocycles. The molecule has 88 valence electrons. The van der Waals surface area contributed by atoms with E-state index in [4.69, 9.17) is 5.73 Å². The van der Waals surface area contributed by atoms with E-state index in [1.54, 1.807) is 26.4 Å². The van der Waals surface area contributed by atoms with E-state index in [2.05, 4.69) is 10.2 Å². The molecule has 5 nitrogen and oxygen atoms in total. The first-order chi connectivity index (χ1) is 8.08. The van der Waals surface area contributed by atoms with E-state index in [0.29, 0.717) is 0 Å². The Morgan fingerprint density at radius 3 is 2.94 bits per heavy atom. The van der Waals surface area contributed by atoms with Gasteiger partial charge in [-0.15, -0.1) is 0 Å². The number of carbonyl (C=O) groups is 1. The van der Waals surface area contributed by atoms with E-state index >= 15 is 0 Å². The molecule has 0 atom stereocenters.